The molecule has 0 aliphatic carbocycles. The van der Waals surface area contributed by atoms with Crippen LogP contribution < -0.4 is 5.32 Å². The molecular weight excluding hydrogens is 246 g/mol. The van der Waals surface area contributed by atoms with Crippen LogP contribution in [-0.2, 0) is 10.3 Å². The molecule has 0 saturated carbocycles. The highest BCUT2D eigenvalue weighted by Crippen LogP contribution is 2.24. The molecule has 100 valence electrons. The molecule has 1 N–H and O–H groups in total. The molecule has 0 radical (unpaired) electrons. The number of carbonyl (C=O) groups is 1. The molecule has 0 fully saturated rings. The van der Waals surface area contributed by atoms with Crippen LogP contribution in [0.2, 0.25) is 0 Å². The van der Waals surface area contributed by atoms with Gasteiger partial charge in [-0.2, -0.15) is 0 Å². The lowest BCUT2D eigenvalue weighted by molar-refractivity contribution is -0.124. The predicted octanol–water partition coefficient (Wildman–Crippen LogP) is 3.69. The van der Waals surface area contributed by atoms with Gasteiger partial charge in [0.2, 0.25) is 5.91 Å². The lowest BCUT2D eigenvalue weighted by Crippen LogP contribution is -2.42. The minimum atomic E-state index is -0.360. The highest BCUT2D eigenvalue weighted by Gasteiger charge is 2.26. The van der Waals surface area contributed by atoms with Gasteiger partial charge in [-0.25, -0.2) is 0 Å². The summed E-state index contributed by atoms with van der Waals surface area (Å²) in [5, 5.41) is 3.07. The van der Waals surface area contributed by atoms with E-state index in [9.17, 15) is 4.79 Å². The van der Waals surface area contributed by atoms with E-state index in [4.69, 9.17) is 11.6 Å². The number of rotatable bonds is 5. The molecule has 0 aliphatic rings. The maximum atomic E-state index is 12.0. The van der Waals surface area contributed by atoms with Crippen molar-refractivity contribution < 1.29 is 4.79 Å². The van der Waals surface area contributed by atoms with E-state index in [1.165, 1.54) is 0 Å². The summed E-state index contributed by atoms with van der Waals surface area (Å²) < 4.78 is 0. The number of benzene rings is 1. The lowest BCUT2D eigenvalue weighted by atomic mass is 9.89. The maximum absolute atomic E-state index is 12.0. The summed E-state index contributed by atoms with van der Waals surface area (Å²) in [6.07, 6.45) is 0.437. The third-order valence-corrected chi connectivity index (χ3v) is 3.67. The highest BCUT2D eigenvalue weighted by molar-refractivity contribution is 6.18. The van der Waals surface area contributed by atoms with E-state index in [0.717, 1.165) is 5.56 Å². The number of alkyl halides is 1. The van der Waals surface area contributed by atoms with Gasteiger partial charge in [-0.1, -0.05) is 44.2 Å². The van der Waals surface area contributed by atoms with Crippen molar-refractivity contribution in [2.75, 3.05) is 5.88 Å². The molecule has 1 rings (SSSR count). The fourth-order valence-corrected chi connectivity index (χ4v) is 1.90. The van der Waals surface area contributed by atoms with Gasteiger partial charge in [-0.3, -0.25) is 4.79 Å². The van der Waals surface area contributed by atoms with Gasteiger partial charge in [-0.05, 0) is 24.8 Å². The predicted molar refractivity (Wildman–Crippen MR) is 76.7 cm³/mol. The molecule has 1 amide bonds. The normalized spacial score (nSPS) is 12.3. The lowest BCUT2D eigenvalue weighted by Gasteiger charge is -2.29. The molecule has 0 unspecified atom stereocenters. The van der Waals surface area contributed by atoms with Crippen molar-refractivity contribution in [1.82, 2.24) is 5.32 Å². The van der Waals surface area contributed by atoms with Crippen LogP contribution in [-0.4, -0.2) is 11.8 Å². The molecule has 18 heavy (non-hydrogen) atoms. The van der Waals surface area contributed by atoms with Crippen molar-refractivity contribution in [3.8, 4) is 0 Å². The minimum Gasteiger partial charge on any atom is -0.347 e. The smallest absolute Gasteiger partial charge is 0.221 e. The van der Waals surface area contributed by atoms with Gasteiger partial charge < -0.3 is 5.32 Å². The molecule has 0 atom stereocenters. The summed E-state index contributed by atoms with van der Waals surface area (Å²) in [4.78, 5) is 12.0. The van der Waals surface area contributed by atoms with Crippen LogP contribution in [0, 0.1) is 5.41 Å². The molecule has 0 spiro atoms. The van der Waals surface area contributed by atoms with Crippen molar-refractivity contribution >= 4 is 17.5 Å². The zero-order chi connectivity index (χ0) is 13.8. The van der Waals surface area contributed by atoms with Gasteiger partial charge in [0.25, 0.3) is 0 Å². The number of hydrogen-bond donors (Lipinski definition) is 1. The SMILES string of the molecule is CC(C)(CCl)CC(=O)NC(C)(C)c1ccccc1. The van der Waals surface area contributed by atoms with Crippen molar-refractivity contribution in [2.45, 2.75) is 39.7 Å². The topological polar surface area (TPSA) is 29.1 Å². The van der Waals surface area contributed by atoms with Crippen LogP contribution in [0.3, 0.4) is 0 Å². The second-order valence-electron chi connectivity index (χ2n) is 6.01. The first kappa shape index (κ1) is 15.0. The Morgan fingerprint density at radius 2 is 1.72 bits per heavy atom. The Hall–Kier alpha value is -1.02. The molecule has 0 aromatic heterocycles. The van der Waals surface area contributed by atoms with E-state index in [0.29, 0.717) is 12.3 Å². The molecule has 3 heteroatoms. The maximum Gasteiger partial charge on any atom is 0.221 e. The van der Waals surface area contributed by atoms with Crippen LogP contribution in [0.1, 0.15) is 39.7 Å². The third kappa shape index (κ3) is 4.34. The number of carbonyl (C=O) groups excluding carboxylic acids is 1. The Bertz CT molecular complexity index is 398. The molecule has 2 nitrogen and oxygen atoms in total. The van der Waals surface area contributed by atoms with Gasteiger partial charge in [0.05, 0.1) is 5.54 Å². The molecule has 0 saturated heterocycles. The van der Waals surface area contributed by atoms with Crippen molar-refractivity contribution in [3.63, 3.8) is 0 Å². The Kier molecular flexibility index (Phi) is 4.80. The third-order valence-electron chi connectivity index (χ3n) is 2.95. The minimum absolute atomic E-state index is 0.0366. The largest absolute Gasteiger partial charge is 0.347 e. The summed E-state index contributed by atoms with van der Waals surface area (Å²) in [7, 11) is 0. The molecular formula is C15H22ClNO. The van der Waals surface area contributed by atoms with Gasteiger partial charge in [-0.15, -0.1) is 11.6 Å². The van der Waals surface area contributed by atoms with E-state index >= 15 is 0 Å². The second kappa shape index (κ2) is 5.75. The van der Waals surface area contributed by atoms with E-state index < -0.39 is 0 Å². The number of amides is 1. The summed E-state index contributed by atoms with van der Waals surface area (Å²) in [5.74, 6) is 0.515. The van der Waals surface area contributed by atoms with Crippen LogP contribution in [0.25, 0.3) is 0 Å². The highest BCUT2D eigenvalue weighted by atomic mass is 35.5. The summed E-state index contributed by atoms with van der Waals surface area (Å²) in [6, 6.07) is 9.97. The zero-order valence-corrected chi connectivity index (χ0v) is 12.3. The molecule has 1 aromatic rings. The van der Waals surface area contributed by atoms with Crippen LogP contribution >= 0.6 is 11.6 Å². The summed E-state index contributed by atoms with van der Waals surface area (Å²) >= 11 is 5.85. The first-order chi connectivity index (χ1) is 8.27. The number of nitrogens with one attached hydrogen (secondary N) is 1. The quantitative estimate of drug-likeness (QED) is 0.810. The van der Waals surface area contributed by atoms with Gasteiger partial charge >= 0.3 is 0 Å². The average Bonchev–Trinajstić information content (AvgIpc) is 2.28. The Balaban J connectivity index is 2.70. The standard InChI is InChI=1S/C15H22ClNO/c1-14(2,11-16)10-13(18)17-15(3,4)12-8-6-5-7-9-12/h5-9H,10-11H2,1-4H3,(H,17,18). The van der Waals surface area contributed by atoms with Crippen molar-refractivity contribution in [3.05, 3.63) is 35.9 Å². The second-order valence-corrected chi connectivity index (χ2v) is 6.28. The summed E-state index contributed by atoms with van der Waals surface area (Å²) in [6.45, 7) is 8.01. The van der Waals surface area contributed by atoms with Gasteiger partial charge in [0.15, 0.2) is 0 Å². The number of halogens is 1. The molecule has 1 aromatic carbocycles. The fraction of sp³-hybridized carbons (Fsp3) is 0.533. The first-order valence-electron chi connectivity index (χ1n) is 6.19. The molecule has 0 heterocycles. The Morgan fingerprint density at radius 3 is 2.22 bits per heavy atom. The van der Waals surface area contributed by atoms with E-state index in [1.807, 2.05) is 58.0 Å². The number of hydrogen-bond acceptors (Lipinski definition) is 1. The van der Waals surface area contributed by atoms with Crippen LogP contribution in [0.15, 0.2) is 30.3 Å². The zero-order valence-electron chi connectivity index (χ0n) is 11.6. The molecule has 0 aliphatic heterocycles. The van der Waals surface area contributed by atoms with Crippen LogP contribution in [0.5, 0.6) is 0 Å². The van der Waals surface area contributed by atoms with Crippen molar-refractivity contribution in [2.24, 2.45) is 5.41 Å². The Morgan fingerprint density at radius 1 is 1.17 bits per heavy atom. The van der Waals surface area contributed by atoms with E-state index in [1.54, 1.807) is 0 Å². The van der Waals surface area contributed by atoms with Crippen LogP contribution in [0.4, 0.5) is 0 Å². The van der Waals surface area contributed by atoms with Gasteiger partial charge in [0.1, 0.15) is 0 Å². The fourth-order valence-electron chi connectivity index (χ4n) is 1.80. The summed E-state index contributed by atoms with van der Waals surface area (Å²) in [5.41, 5.74) is 0.570. The van der Waals surface area contributed by atoms with E-state index in [-0.39, 0.29) is 16.9 Å². The van der Waals surface area contributed by atoms with Gasteiger partial charge in [0, 0.05) is 12.3 Å². The monoisotopic (exact) mass is 267 g/mol. The van der Waals surface area contributed by atoms with Crippen molar-refractivity contribution in [1.29, 1.82) is 0 Å². The Labute approximate surface area is 115 Å². The molecule has 0 bridgehead atoms. The van der Waals surface area contributed by atoms with E-state index in [2.05, 4.69) is 5.32 Å². The average molecular weight is 268 g/mol. The first-order valence-corrected chi connectivity index (χ1v) is 6.73.